The Morgan fingerprint density at radius 3 is 2.58 bits per heavy atom. The molecular weight excluding hydrogens is 514 g/mol. The van der Waals surface area contributed by atoms with E-state index >= 15 is 0 Å². The molecule has 38 heavy (non-hydrogen) atoms. The van der Waals surface area contributed by atoms with E-state index in [0.29, 0.717) is 36.7 Å². The van der Waals surface area contributed by atoms with Gasteiger partial charge >= 0.3 is 0 Å². The first-order valence-electron chi connectivity index (χ1n) is 12.4. The van der Waals surface area contributed by atoms with Crippen molar-refractivity contribution in [1.29, 1.82) is 0 Å². The molecule has 2 N–H and O–H groups in total. The van der Waals surface area contributed by atoms with Gasteiger partial charge in [-0.2, -0.15) is 0 Å². The zero-order chi connectivity index (χ0) is 27.4. The largest absolute Gasteiger partial charge is 0.493 e. The number of carbonyl (C=O) groups excluding carboxylic acids is 2. The Hall–Kier alpha value is -3.72. The van der Waals surface area contributed by atoms with Gasteiger partial charge in [0.15, 0.2) is 5.69 Å². The molecule has 7 nitrogen and oxygen atoms in total. The normalized spacial score (nSPS) is 15.6. The molecule has 1 atom stereocenters. The van der Waals surface area contributed by atoms with Gasteiger partial charge in [0.1, 0.15) is 5.75 Å². The maximum Gasteiger partial charge on any atom is 0.269 e. The number of para-hydroxylation sites is 1. The molecule has 2 heterocycles. The number of pyridine rings is 1. The van der Waals surface area contributed by atoms with Gasteiger partial charge in [0.25, 0.3) is 18.2 Å². The predicted octanol–water partition coefficient (Wildman–Crippen LogP) is 5.58. The van der Waals surface area contributed by atoms with Gasteiger partial charge in [0.2, 0.25) is 0 Å². The fourth-order valence-corrected chi connectivity index (χ4v) is 4.94. The van der Waals surface area contributed by atoms with Crippen LogP contribution in [0.25, 0.3) is 11.3 Å². The monoisotopic (exact) mass is 542 g/mol. The third-order valence-corrected chi connectivity index (χ3v) is 6.84. The molecular formula is C28H29ClF2N4O3. The summed E-state index contributed by atoms with van der Waals surface area (Å²) in [5.41, 5.74) is 7.27. The van der Waals surface area contributed by atoms with Gasteiger partial charge < -0.3 is 20.3 Å². The van der Waals surface area contributed by atoms with Crippen LogP contribution in [0.15, 0.2) is 54.6 Å². The number of rotatable bonds is 8. The van der Waals surface area contributed by atoms with Gasteiger partial charge in [-0.05, 0) is 55.8 Å². The highest BCUT2D eigenvalue weighted by Crippen LogP contribution is 2.33. The van der Waals surface area contributed by atoms with Crippen molar-refractivity contribution in [2.75, 3.05) is 31.1 Å². The van der Waals surface area contributed by atoms with E-state index in [0.717, 1.165) is 11.6 Å². The number of hydrogen-bond donors (Lipinski definition) is 1. The number of primary amides is 1. The number of aromatic nitrogens is 1. The molecule has 0 bridgehead atoms. The van der Waals surface area contributed by atoms with Gasteiger partial charge in [0, 0.05) is 47.4 Å². The maximum atomic E-state index is 13.6. The first-order valence-corrected chi connectivity index (χ1v) is 12.8. The quantitative estimate of drug-likeness (QED) is 0.401. The maximum absolute atomic E-state index is 13.6. The lowest BCUT2D eigenvalue weighted by Crippen LogP contribution is -2.55. The molecule has 1 aromatic heterocycles. The molecule has 2 aromatic carbocycles. The summed E-state index contributed by atoms with van der Waals surface area (Å²) >= 11 is 5.88. The molecule has 2 amide bonds. The number of benzene rings is 2. The second-order valence-corrected chi connectivity index (χ2v) is 9.33. The van der Waals surface area contributed by atoms with Crippen molar-refractivity contribution >= 4 is 29.1 Å². The number of piperazine rings is 1. The number of halogens is 3. The standard InChI is InChI=1S/C28H29ClF2N4O3/c1-3-18-16-34(28(37)19-10-9-17(29)15-21(19)26(30)31)13-14-35(18)23-12-11-22(33-25(23)27(32)36)20-7-5-6-8-24(20)38-4-2/h5-12,15,18,26H,3-4,13-14,16H2,1-2H3,(H2,32,36). The number of carbonyl (C=O) groups is 2. The smallest absolute Gasteiger partial charge is 0.269 e. The minimum Gasteiger partial charge on any atom is -0.493 e. The zero-order valence-electron chi connectivity index (χ0n) is 21.2. The molecule has 200 valence electrons. The van der Waals surface area contributed by atoms with Crippen LogP contribution in [0.3, 0.4) is 0 Å². The summed E-state index contributed by atoms with van der Waals surface area (Å²) in [6.45, 7) is 5.26. The minimum absolute atomic E-state index is 0.0653. The van der Waals surface area contributed by atoms with E-state index in [1.54, 1.807) is 11.0 Å². The van der Waals surface area contributed by atoms with Gasteiger partial charge in [0.05, 0.1) is 18.0 Å². The summed E-state index contributed by atoms with van der Waals surface area (Å²) in [4.78, 5) is 33.9. The summed E-state index contributed by atoms with van der Waals surface area (Å²) < 4.78 is 32.9. The van der Waals surface area contributed by atoms with Gasteiger partial charge in [-0.1, -0.05) is 30.7 Å². The lowest BCUT2D eigenvalue weighted by molar-refractivity contribution is 0.0708. The third kappa shape index (κ3) is 5.57. The minimum atomic E-state index is -2.83. The number of nitrogens with two attached hydrogens (primary N) is 1. The van der Waals surface area contributed by atoms with Crippen molar-refractivity contribution in [3.05, 3.63) is 76.4 Å². The van der Waals surface area contributed by atoms with E-state index in [4.69, 9.17) is 22.1 Å². The van der Waals surface area contributed by atoms with Crippen LogP contribution in [0, 0.1) is 0 Å². The molecule has 0 aliphatic carbocycles. The van der Waals surface area contributed by atoms with Crippen molar-refractivity contribution in [1.82, 2.24) is 9.88 Å². The number of anilines is 1. The average molecular weight is 543 g/mol. The summed E-state index contributed by atoms with van der Waals surface area (Å²) in [7, 11) is 0. The first-order chi connectivity index (χ1) is 18.2. The van der Waals surface area contributed by atoms with E-state index < -0.39 is 18.2 Å². The van der Waals surface area contributed by atoms with Crippen molar-refractivity contribution in [3.8, 4) is 17.0 Å². The Labute approximate surface area is 225 Å². The second kappa shape index (κ2) is 11.8. The van der Waals surface area contributed by atoms with Crippen LogP contribution in [-0.4, -0.2) is 54.0 Å². The fraction of sp³-hybridized carbons (Fsp3) is 0.321. The molecule has 0 saturated carbocycles. The summed E-state index contributed by atoms with van der Waals surface area (Å²) in [6, 6.07) is 14.8. The Morgan fingerprint density at radius 1 is 1.13 bits per heavy atom. The Morgan fingerprint density at radius 2 is 1.89 bits per heavy atom. The average Bonchev–Trinajstić information content (AvgIpc) is 2.92. The van der Waals surface area contributed by atoms with E-state index in [9.17, 15) is 18.4 Å². The van der Waals surface area contributed by atoms with Gasteiger partial charge in [-0.15, -0.1) is 0 Å². The van der Waals surface area contributed by atoms with Crippen LogP contribution in [0.2, 0.25) is 5.02 Å². The Bertz CT molecular complexity index is 1340. The molecule has 1 aliphatic rings. The van der Waals surface area contributed by atoms with Crippen LogP contribution < -0.4 is 15.4 Å². The molecule has 1 unspecified atom stereocenters. The molecule has 1 fully saturated rings. The summed E-state index contributed by atoms with van der Waals surface area (Å²) in [6.07, 6.45) is -2.19. The molecule has 4 rings (SSSR count). The second-order valence-electron chi connectivity index (χ2n) is 8.90. The predicted molar refractivity (Wildman–Crippen MR) is 143 cm³/mol. The van der Waals surface area contributed by atoms with E-state index in [1.165, 1.54) is 12.1 Å². The third-order valence-electron chi connectivity index (χ3n) is 6.60. The van der Waals surface area contributed by atoms with Crippen LogP contribution in [0.5, 0.6) is 5.75 Å². The van der Waals surface area contributed by atoms with Crippen molar-refractivity contribution in [2.24, 2.45) is 5.73 Å². The van der Waals surface area contributed by atoms with Crippen LogP contribution >= 0.6 is 11.6 Å². The lowest BCUT2D eigenvalue weighted by Gasteiger charge is -2.43. The molecule has 10 heteroatoms. The summed E-state index contributed by atoms with van der Waals surface area (Å²) in [5, 5.41) is 0.145. The number of hydrogen-bond acceptors (Lipinski definition) is 5. The summed E-state index contributed by atoms with van der Waals surface area (Å²) in [5.74, 6) is -0.507. The zero-order valence-corrected chi connectivity index (χ0v) is 21.9. The highest BCUT2D eigenvalue weighted by atomic mass is 35.5. The number of nitrogens with zero attached hydrogens (tertiary/aromatic N) is 3. The topological polar surface area (TPSA) is 88.8 Å². The molecule has 1 saturated heterocycles. The molecule has 0 radical (unpaired) electrons. The van der Waals surface area contributed by atoms with Crippen LogP contribution in [-0.2, 0) is 0 Å². The highest BCUT2D eigenvalue weighted by molar-refractivity contribution is 6.30. The molecule has 0 spiro atoms. The van der Waals surface area contributed by atoms with E-state index in [1.807, 2.05) is 49.1 Å². The number of alkyl halides is 2. The van der Waals surface area contributed by atoms with Crippen molar-refractivity contribution in [2.45, 2.75) is 32.7 Å². The number of ether oxygens (including phenoxy) is 1. The Kier molecular flexibility index (Phi) is 8.46. The first kappa shape index (κ1) is 27.3. The van der Waals surface area contributed by atoms with Crippen molar-refractivity contribution < 1.29 is 23.1 Å². The van der Waals surface area contributed by atoms with Gasteiger partial charge in [-0.25, -0.2) is 13.8 Å². The highest BCUT2D eigenvalue weighted by Gasteiger charge is 2.33. The van der Waals surface area contributed by atoms with E-state index in [-0.39, 0.29) is 41.0 Å². The van der Waals surface area contributed by atoms with Crippen LogP contribution in [0.4, 0.5) is 14.5 Å². The van der Waals surface area contributed by atoms with Crippen molar-refractivity contribution in [3.63, 3.8) is 0 Å². The van der Waals surface area contributed by atoms with Gasteiger partial charge in [-0.3, -0.25) is 9.59 Å². The number of amides is 2. The molecule has 1 aliphatic heterocycles. The van der Waals surface area contributed by atoms with E-state index in [2.05, 4.69) is 4.98 Å². The fourth-order valence-electron chi connectivity index (χ4n) is 4.76. The Balaban J connectivity index is 1.62. The lowest BCUT2D eigenvalue weighted by atomic mass is 10.0. The van der Waals surface area contributed by atoms with Crippen LogP contribution in [0.1, 0.15) is 53.1 Å². The molecule has 3 aromatic rings. The SMILES string of the molecule is CCOc1ccccc1-c1ccc(N2CCN(C(=O)c3ccc(Cl)cc3C(F)F)CC2CC)c(C(N)=O)n1.